The van der Waals surface area contributed by atoms with Crippen molar-refractivity contribution in [2.45, 2.75) is 24.2 Å². The molecule has 0 amide bonds. The second-order valence-electron chi connectivity index (χ2n) is 7.92. The molecule has 4 aromatic carbocycles. The van der Waals surface area contributed by atoms with E-state index in [-0.39, 0.29) is 6.54 Å². The summed E-state index contributed by atoms with van der Waals surface area (Å²) in [6.07, 6.45) is -0.534. The van der Waals surface area contributed by atoms with E-state index in [1.54, 1.807) is 18.2 Å². The molecule has 1 aliphatic rings. The number of rotatable bonds is 6. The van der Waals surface area contributed by atoms with Gasteiger partial charge in [0.05, 0.1) is 5.69 Å². The van der Waals surface area contributed by atoms with Gasteiger partial charge in [0.1, 0.15) is 23.4 Å². The van der Waals surface area contributed by atoms with Gasteiger partial charge in [-0.3, -0.25) is 0 Å². The average molecular weight is 457 g/mol. The molecular formula is C27H24N2O3S. The van der Waals surface area contributed by atoms with Crippen molar-refractivity contribution >= 4 is 15.7 Å². The zero-order valence-corrected chi connectivity index (χ0v) is 18.8. The van der Waals surface area contributed by atoms with Crippen LogP contribution in [-0.2, 0) is 23.2 Å². The lowest BCUT2D eigenvalue weighted by atomic mass is 10.1. The normalized spacial score (nSPS) is 17.0. The molecular weight excluding hydrogens is 432 g/mol. The number of hydrogen-bond donors (Lipinski definition) is 1. The van der Waals surface area contributed by atoms with Crippen LogP contribution < -0.4 is 10.1 Å². The lowest BCUT2D eigenvalue weighted by Crippen LogP contribution is -2.42. The first-order valence-electron chi connectivity index (χ1n) is 10.8. The smallest absolute Gasteiger partial charge is 0.247 e. The van der Waals surface area contributed by atoms with E-state index in [4.69, 9.17) is 4.74 Å². The van der Waals surface area contributed by atoms with Crippen LogP contribution in [0.15, 0.2) is 114 Å². The van der Waals surface area contributed by atoms with Crippen LogP contribution in [0.25, 0.3) is 0 Å². The zero-order chi connectivity index (χ0) is 22.7. The summed E-state index contributed by atoms with van der Waals surface area (Å²) >= 11 is 0. The molecule has 1 aliphatic heterocycles. The summed E-state index contributed by atoms with van der Waals surface area (Å²) in [6.45, 7) is 0.741. The second kappa shape index (κ2) is 9.10. The van der Waals surface area contributed by atoms with Crippen LogP contribution in [0.2, 0.25) is 0 Å². The van der Waals surface area contributed by atoms with E-state index < -0.39 is 16.2 Å². The van der Waals surface area contributed by atoms with Gasteiger partial charge in [-0.25, -0.2) is 8.42 Å². The number of fused-ring (bicyclic) bond motifs is 1. The highest BCUT2D eigenvalue weighted by Crippen LogP contribution is 2.39. The Bertz CT molecular complexity index is 1320. The highest BCUT2D eigenvalue weighted by molar-refractivity contribution is 7.89. The molecule has 5 nitrogen and oxygen atoms in total. The number of ether oxygens (including phenoxy) is 1. The van der Waals surface area contributed by atoms with E-state index >= 15 is 0 Å². The Kier molecular flexibility index (Phi) is 5.86. The Morgan fingerprint density at radius 3 is 2.03 bits per heavy atom. The van der Waals surface area contributed by atoms with Gasteiger partial charge in [0.25, 0.3) is 0 Å². The summed E-state index contributed by atoms with van der Waals surface area (Å²) in [7, 11) is -3.70. The molecule has 0 spiro atoms. The van der Waals surface area contributed by atoms with Crippen LogP contribution in [0.4, 0.5) is 5.69 Å². The number of nitrogens with one attached hydrogen (secondary N) is 1. The monoisotopic (exact) mass is 456 g/mol. The van der Waals surface area contributed by atoms with E-state index in [1.165, 1.54) is 4.31 Å². The van der Waals surface area contributed by atoms with E-state index in [9.17, 15) is 8.42 Å². The van der Waals surface area contributed by atoms with E-state index in [0.29, 0.717) is 17.2 Å². The van der Waals surface area contributed by atoms with Crippen molar-refractivity contribution in [3.05, 3.63) is 126 Å². The maximum absolute atomic E-state index is 13.6. The zero-order valence-electron chi connectivity index (χ0n) is 18.0. The Labute approximate surface area is 194 Å². The number of nitrogens with zero attached hydrogens (tertiary/aromatic N) is 1. The fourth-order valence-corrected chi connectivity index (χ4v) is 5.65. The lowest BCUT2D eigenvalue weighted by molar-refractivity contribution is 0.305. The van der Waals surface area contributed by atoms with E-state index in [2.05, 4.69) is 5.32 Å². The molecule has 166 valence electrons. The molecule has 6 heteroatoms. The Morgan fingerprint density at radius 1 is 0.727 bits per heavy atom. The minimum Gasteiger partial charge on any atom is -0.489 e. The predicted molar refractivity (Wildman–Crippen MR) is 129 cm³/mol. The molecule has 1 N–H and O–H groups in total. The first kappa shape index (κ1) is 21.2. The van der Waals surface area contributed by atoms with Crippen LogP contribution in [0.5, 0.6) is 5.75 Å². The topological polar surface area (TPSA) is 58.6 Å². The van der Waals surface area contributed by atoms with Crippen molar-refractivity contribution in [1.82, 2.24) is 4.31 Å². The van der Waals surface area contributed by atoms with Crippen LogP contribution in [0.1, 0.15) is 22.9 Å². The molecule has 0 unspecified atom stereocenters. The van der Waals surface area contributed by atoms with Gasteiger partial charge in [0, 0.05) is 6.54 Å². The second-order valence-corrected chi connectivity index (χ2v) is 9.78. The van der Waals surface area contributed by atoms with Gasteiger partial charge in [-0.05, 0) is 41.0 Å². The molecule has 0 fully saturated rings. The van der Waals surface area contributed by atoms with E-state index in [1.807, 2.05) is 91.0 Å². The van der Waals surface area contributed by atoms with Crippen LogP contribution in [-0.4, -0.2) is 12.7 Å². The number of benzene rings is 4. The number of anilines is 1. The summed E-state index contributed by atoms with van der Waals surface area (Å²) in [5.41, 5.74) is 3.47. The van der Waals surface area contributed by atoms with Crippen molar-refractivity contribution in [3.63, 3.8) is 0 Å². The summed E-state index contributed by atoms with van der Waals surface area (Å²) < 4.78 is 34.6. The maximum atomic E-state index is 13.6. The van der Waals surface area contributed by atoms with Gasteiger partial charge >= 0.3 is 0 Å². The Balaban J connectivity index is 1.44. The standard InChI is InChI=1S/C27H24N2O3S/c30-33(31)26-14-8-7-13-25(26)28-27(29(33)19-21-9-3-1-4-10-21)23-15-17-24(18-16-23)32-20-22-11-5-2-6-12-22/h1-18,27-28H,19-20H2/t27-/m1/s1. The van der Waals surface area contributed by atoms with Crippen LogP contribution in [0.3, 0.4) is 0 Å². The SMILES string of the molecule is O=S1(=O)c2ccccc2N[C@@H](c2ccc(OCc3ccccc3)cc2)N1Cc1ccccc1. The molecule has 0 aromatic heterocycles. The third-order valence-corrected chi connectivity index (χ3v) is 7.55. The van der Waals surface area contributed by atoms with E-state index in [0.717, 1.165) is 22.4 Å². The molecule has 0 aliphatic carbocycles. The van der Waals surface area contributed by atoms with Gasteiger partial charge < -0.3 is 10.1 Å². The van der Waals surface area contributed by atoms with Crippen molar-refractivity contribution in [2.75, 3.05) is 5.32 Å². The molecule has 0 saturated heterocycles. The summed E-state index contributed by atoms with van der Waals surface area (Å²) in [5, 5.41) is 3.42. The third kappa shape index (κ3) is 4.49. The van der Waals surface area contributed by atoms with Gasteiger partial charge in [-0.15, -0.1) is 0 Å². The summed E-state index contributed by atoms with van der Waals surface area (Å²) in [6, 6.07) is 34.2. The average Bonchev–Trinajstić information content (AvgIpc) is 2.86. The van der Waals surface area contributed by atoms with Gasteiger partial charge in [0.15, 0.2) is 0 Å². The largest absolute Gasteiger partial charge is 0.489 e. The Morgan fingerprint density at radius 2 is 1.33 bits per heavy atom. The first-order chi connectivity index (χ1) is 16.1. The highest BCUT2D eigenvalue weighted by atomic mass is 32.2. The molecule has 0 radical (unpaired) electrons. The Hall–Kier alpha value is -3.61. The first-order valence-corrected chi connectivity index (χ1v) is 12.2. The van der Waals surface area contributed by atoms with Gasteiger partial charge in [-0.1, -0.05) is 84.9 Å². The fourth-order valence-electron chi connectivity index (χ4n) is 3.97. The molecule has 5 rings (SSSR count). The highest BCUT2D eigenvalue weighted by Gasteiger charge is 2.38. The van der Waals surface area contributed by atoms with Gasteiger partial charge in [-0.2, -0.15) is 4.31 Å². The van der Waals surface area contributed by atoms with Crippen molar-refractivity contribution in [1.29, 1.82) is 0 Å². The molecule has 33 heavy (non-hydrogen) atoms. The number of para-hydroxylation sites is 1. The number of hydrogen-bond acceptors (Lipinski definition) is 4. The third-order valence-electron chi connectivity index (χ3n) is 5.68. The van der Waals surface area contributed by atoms with Crippen molar-refractivity contribution < 1.29 is 13.2 Å². The minimum atomic E-state index is -3.70. The van der Waals surface area contributed by atoms with Crippen LogP contribution in [0, 0.1) is 0 Å². The van der Waals surface area contributed by atoms with Crippen LogP contribution >= 0.6 is 0 Å². The fraction of sp³-hybridized carbons (Fsp3) is 0.111. The van der Waals surface area contributed by atoms with Gasteiger partial charge in [0.2, 0.25) is 10.0 Å². The minimum absolute atomic E-state index is 0.265. The molecule has 0 bridgehead atoms. The maximum Gasteiger partial charge on any atom is 0.247 e. The van der Waals surface area contributed by atoms with Crippen molar-refractivity contribution in [2.24, 2.45) is 0 Å². The quantitative estimate of drug-likeness (QED) is 0.411. The van der Waals surface area contributed by atoms with Crippen molar-refractivity contribution in [3.8, 4) is 5.75 Å². The summed E-state index contributed by atoms with van der Waals surface area (Å²) in [5.74, 6) is 0.733. The lowest BCUT2D eigenvalue weighted by Gasteiger charge is -2.37. The molecule has 1 heterocycles. The molecule has 1 atom stereocenters. The number of sulfonamides is 1. The predicted octanol–water partition coefficient (Wildman–Crippen LogP) is 5.58. The summed E-state index contributed by atoms with van der Waals surface area (Å²) in [4.78, 5) is 0.292. The molecule has 4 aromatic rings. The molecule has 0 saturated carbocycles.